The Labute approximate surface area is 97.7 Å². The summed E-state index contributed by atoms with van der Waals surface area (Å²) >= 11 is 0. The molecule has 0 aliphatic carbocycles. The second kappa shape index (κ2) is 6.43. The van der Waals surface area contributed by atoms with Crippen LogP contribution in [0.5, 0.6) is 0 Å². The molecule has 4 nitrogen and oxygen atoms in total. The highest BCUT2D eigenvalue weighted by Crippen LogP contribution is 2.11. The first-order valence-electron chi connectivity index (χ1n) is 5.91. The van der Waals surface area contributed by atoms with Gasteiger partial charge in [-0.2, -0.15) is 0 Å². The Hall–Kier alpha value is -1.16. The van der Waals surface area contributed by atoms with E-state index in [9.17, 15) is 0 Å². The van der Waals surface area contributed by atoms with Crippen molar-refractivity contribution in [3.8, 4) is 0 Å². The van der Waals surface area contributed by atoms with E-state index in [-0.39, 0.29) is 0 Å². The van der Waals surface area contributed by atoms with Gasteiger partial charge in [0.2, 0.25) is 5.95 Å². The van der Waals surface area contributed by atoms with Gasteiger partial charge in [0.1, 0.15) is 0 Å². The molecule has 90 valence electrons. The molecule has 0 unspecified atom stereocenters. The molecule has 1 aliphatic heterocycles. The fourth-order valence-electron chi connectivity index (χ4n) is 1.61. The molecule has 0 atom stereocenters. The minimum absolute atomic E-state index is 0.774. The molecule has 0 radical (unpaired) electrons. The van der Waals surface area contributed by atoms with Gasteiger partial charge in [0.15, 0.2) is 0 Å². The molecule has 1 aliphatic rings. The van der Waals surface area contributed by atoms with Gasteiger partial charge in [0.25, 0.3) is 0 Å². The molecule has 0 saturated carbocycles. The summed E-state index contributed by atoms with van der Waals surface area (Å²) in [6, 6.07) is 1.99. The summed E-state index contributed by atoms with van der Waals surface area (Å²) in [4.78, 5) is 11.0. The van der Waals surface area contributed by atoms with E-state index in [1.165, 1.54) is 0 Å². The Morgan fingerprint density at radius 1 is 1.06 bits per heavy atom. The zero-order valence-electron chi connectivity index (χ0n) is 10.7. The van der Waals surface area contributed by atoms with Crippen LogP contribution in [0.25, 0.3) is 0 Å². The van der Waals surface area contributed by atoms with Crippen molar-refractivity contribution in [1.82, 2.24) is 9.97 Å². The van der Waals surface area contributed by atoms with Crippen molar-refractivity contribution in [2.75, 3.05) is 31.2 Å². The molecule has 0 N–H and O–H groups in total. The van der Waals surface area contributed by atoms with Crippen molar-refractivity contribution in [2.45, 2.75) is 27.7 Å². The first-order valence-corrected chi connectivity index (χ1v) is 5.91. The zero-order chi connectivity index (χ0) is 12.0. The number of aryl methyl sites for hydroxylation is 2. The van der Waals surface area contributed by atoms with Gasteiger partial charge in [0, 0.05) is 24.5 Å². The second-order valence-electron chi connectivity index (χ2n) is 3.55. The standard InChI is InChI=1S/C10H15N3O.C2H6/c1-8-7-9(2)12-10(11-8)13-3-5-14-6-4-13;1-2/h7H,3-6H2,1-2H3;1-2H3. The molecule has 0 spiro atoms. The highest BCUT2D eigenvalue weighted by atomic mass is 16.5. The molecule has 16 heavy (non-hydrogen) atoms. The SMILES string of the molecule is CC.Cc1cc(C)nc(N2CCOCC2)n1. The quantitative estimate of drug-likeness (QED) is 0.729. The van der Waals surface area contributed by atoms with Crippen LogP contribution in [0, 0.1) is 13.8 Å². The minimum Gasteiger partial charge on any atom is -0.378 e. The number of ether oxygens (including phenoxy) is 1. The van der Waals surface area contributed by atoms with Crippen LogP contribution in [-0.2, 0) is 4.74 Å². The van der Waals surface area contributed by atoms with Gasteiger partial charge in [-0.15, -0.1) is 0 Å². The zero-order valence-corrected chi connectivity index (χ0v) is 10.7. The number of nitrogens with zero attached hydrogens (tertiary/aromatic N) is 3. The average Bonchev–Trinajstić information content (AvgIpc) is 2.32. The van der Waals surface area contributed by atoms with Gasteiger partial charge in [0.05, 0.1) is 13.2 Å². The summed E-state index contributed by atoms with van der Waals surface area (Å²) in [5.41, 5.74) is 2.05. The third-order valence-electron chi connectivity index (χ3n) is 2.26. The summed E-state index contributed by atoms with van der Waals surface area (Å²) in [6.07, 6.45) is 0. The number of morpholine rings is 1. The number of anilines is 1. The van der Waals surface area contributed by atoms with Crippen LogP contribution in [0.3, 0.4) is 0 Å². The van der Waals surface area contributed by atoms with Crippen molar-refractivity contribution >= 4 is 5.95 Å². The maximum atomic E-state index is 5.28. The first kappa shape index (κ1) is 12.9. The molecule has 1 fully saturated rings. The number of rotatable bonds is 1. The van der Waals surface area contributed by atoms with Crippen LogP contribution in [0.15, 0.2) is 6.07 Å². The summed E-state index contributed by atoms with van der Waals surface area (Å²) in [7, 11) is 0. The maximum absolute atomic E-state index is 5.28. The van der Waals surface area contributed by atoms with Crippen LogP contribution >= 0.6 is 0 Å². The summed E-state index contributed by atoms with van der Waals surface area (Å²) in [5, 5.41) is 0. The highest BCUT2D eigenvalue weighted by molar-refractivity contribution is 5.32. The lowest BCUT2D eigenvalue weighted by atomic mass is 10.3. The molecule has 0 aromatic carbocycles. The van der Waals surface area contributed by atoms with Crippen LogP contribution in [-0.4, -0.2) is 36.3 Å². The number of hydrogen-bond acceptors (Lipinski definition) is 4. The lowest BCUT2D eigenvalue weighted by Gasteiger charge is -2.27. The Balaban J connectivity index is 0.000000606. The van der Waals surface area contributed by atoms with E-state index in [0.29, 0.717) is 0 Å². The lowest BCUT2D eigenvalue weighted by Crippen LogP contribution is -2.37. The predicted octanol–water partition coefficient (Wildman–Crippen LogP) is 1.96. The predicted molar refractivity (Wildman–Crippen MR) is 65.9 cm³/mol. The van der Waals surface area contributed by atoms with E-state index in [2.05, 4.69) is 14.9 Å². The van der Waals surface area contributed by atoms with Crippen molar-refractivity contribution in [1.29, 1.82) is 0 Å². The molecular formula is C12H21N3O. The van der Waals surface area contributed by atoms with E-state index in [1.54, 1.807) is 0 Å². The molecule has 2 rings (SSSR count). The third kappa shape index (κ3) is 3.45. The second-order valence-corrected chi connectivity index (χ2v) is 3.55. The minimum atomic E-state index is 0.774. The molecular weight excluding hydrogens is 202 g/mol. The molecule has 1 aromatic rings. The highest BCUT2D eigenvalue weighted by Gasteiger charge is 2.13. The van der Waals surface area contributed by atoms with Gasteiger partial charge < -0.3 is 9.64 Å². The third-order valence-corrected chi connectivity index (χ3v) is 2.26. The van der Waals surface area contributed by atoms with Gasteiger partial charge in [-0.3, -0.25) is 0 Å². The van der Waals surface area contributed by atoms with Gasteiger partial charge in [-0.1, -0.05) is 13.8 Å². The molecule has 4 heteroatoms. The fraction of sp³-hybridized carbons (Fsp3) is 0.667. The summed E-state index contributed by atoms with van der Waals surface area (Å²) in [6.45, 7) is 11.3. The largest absolute Gasteiger partial charge is 0.378 e. The molecule has 2 heterocycles. The summed E-state index contributed by atoms with van der Waals surface area (Å²) in [5.74, 6) is 0.839. The lowest BCUT2D eigenvalue weighted by molar-refractivity contribution is 0.122. The van der Waals surface area contributed by atoms with Crippen LogP contribution in [0.2, 0.25) is 0 Å². The fourth-order valence-corrected chi connectivity index (χ4v) is 1.61. The topological polar surface area (TPSA) is 38.2 Å². The van der Waals surface area contributed by atoms with Crippen molar-refractivity contribution in [3.05, 3.63) is 17.5 Å². The van der Waals surface area contributed by atoms with Gasteiger partial charge in [-0.25, -0.2) is 9.97 Å². The number of hydrogen-bond donors (Lipinski definition) is 0. The normalized spacial score (nSPS) is 15.4. The smallest absolute Gasteiger partial charge is 0.225 e. The van der Waals surface area contributed by atoms with E-state index < -0.39 is 0 Å². The van der Waals surface area contributed by atoms with Crippen molar-refractivity contribution in [2.24, 2.45) is 0 Å². The van der Waals surface area contributed by atoms with E-state index >= 15 is 0 Å². The van der Waals surface area contributed by atoms with Crippen LogP contribution in [0.1, 0.15) is 25.2 Å². The van der Waals surface area contributed by atoms with Gasteiger partial charge >= 0.3 is 0 Å². The Morgan fingerprint density at radius 3 is 2.06 bits per heavy atom. The molecule has 1 aromatic heterocycles. The molecule has 1 saturated heterocycles. The van der Waals surface area contributed by atoms with Crippen molar-refractivity contribution in [3.63, 3.8) is 0 Å². The van der Waals surface area contributed by atoms with Crippen LogP contribution in [0.4, 0.5) is 5.95 Å². The Kier molecular flexibility index (Phi) is 5.19. The van der Waals surface area contributed by atoms with Crippen LogP contribution < -0.4 is 4.90 Å². The van der Waals surface area contributed by atoms with Gasteiger partial charge in [-0.05, 0) is 19.9 Å². The monoisotopic (exact) mass is 223 g/mol. The number of aromatic nitrogens is 2. The molecule has 0 amide bonds. The van der Waals surface area contributed by atoms with E-state index in [1.807, 2.05) is 33.8 Å². The maximum Gasteiger partial charge on any atom is 0.225 e. The first-order chi connectivity index (χ1) is 7.75. The Morgan fingerprint density at radius 2 is 1.56 bits per heavy atom. The van der Waals surface area contributed by atoms with E-state index in [4.69, 9.17) is 4.74 Å². The average molecular weight is 223 g/mol. The van der Waals surface area contributed by atoms with E-state index in [0.717, 1.165) is 43.6 Å². The van der Waals surface area contributed by atoms with Crippen molar-refractivity contribution < 1.29 is 4.74 Å². The molecule has 0 bridgehead atoms. The Bertz CT molecular complexity index is 302. The summed E-state index contributed by atoms with van der Waals surface area (Å²) < 4.78 is 5.28.